The fourth-order valence-electron chi connectivity index (χ4n) is 2.27. The lowest BCUT2D eigenvalue weighted by atomic mass is 10.2. The molecule has 0 aromatic carbocycles. The summed E-state index contributed by atoms with van der Waals surface area (Å²) in [7, 11) is 0. The maximum absolute atomic E-state index is 12.0. The molecule has 0 radical (unpaired) electrons. The van der Waals surface area contributed by atoms with E-state index in [0.717, 1.165) is 18.6 Å². The van der Waals surface area contributed by atoms with Crippen molar-refractivity contribution in [2.75, 3.05) is 11.5 Å². The maximum Gasteiger partial charge on any atom is 0.253 e. The summed E-state index contributed by atoms with van der Waals surface area (Å²) >= 11 is 1.99. The van der Waals surface area contributed by atoms with Crippen LogP contribution in [-0.2, 0) is 0 Å². The minimum Gasteiger partial charge on any atom is -0.384 e. The molecule has 1 aliphatic carbocycles. The Morgan fingerprint density at radius 2 is 2.39 bits per heavy atom. The van der Waals surface area contributed by atoms with Crippen molar-refractivity contribution in [3.63, 3.8) is 0 Å². The molecule has 1 saturated carbocycles. The second-order valence-corrected chi connectivity index (χ2v) is 6.11. The molecule has 98 valence electrons. The van der Waals surface area contributed by atoms with E-state index in [1.54, 1.807) is 12.1 Å². The average Bonchev–Trinajstić information content (AvgIpc) is 2.78. The summed E-state index contributed by atoms with van der Waals surface area (Å²) in [6, 6.07) is 3.67. The molecule has 1 heterocycles. The summed E-state index contributed by atoms with van der Waals surface area (Å²) in [5.74, 6) is 1.54. The number of nitrogens with zero attached hydrogens (tertiary/aromatic N) is 1. The van der Waals surface area contributed by atoms with Crippen LogP contribution in [-0.4, -0.2) is 27.9 Å². The molecule has 1 aliphatic rings. The summed E-state index contributed by atoms with van der Waals surface area (Å²) in [6.45, 7) is 2.18. The third-order valence-corrected chi connectivity index (χ3v) is 4.40. The molecular formula is C13H19N3OS. The molecule has 0 spiro atoms. The van der Waals surface area contributed by atoms with Crippen LogP contribution in [0.15, 0.2) is 18.3 Å². The van der Waals surface area contributed by atoms with Crippen LogP contribution in [0.4, 0.5) is 5.82 Å². The Kier molecular flexibility index (Phi) is 4.47. The highest BCUT2D eigenvalue weighted by molar-refractivity contribution is 7.99. The third kappa shape index (κ3) is 3.38. The molecule has 2 atom stereocenters. The fraction of sp³-hybridized carbons (Fsp3) is 0.538. The number of nitrogens with two attached hydrogens (primary N) is 1. The maximum atomic E-state index is 12.0. The first kappa shape index (κ1) is 13.2. The first-order valence-corrected chi connectivity index (χ1v) is 7.38. The van der Waals surface area contributed by atoms with Gasteiger partial charge in [0.25, 0.3) is 5.91 Å². The number of hydrogen-bond acceptors (Lipinski definition) is 4. The fourth-order valence-corrected chi connectivity index (χ4v) is 3.41. The van der Waals surface area contributed by atoms with Crippen molar-refractivity contribution in [2.24, 2.45) is 0 Å². The van der Waals surface area contributed by atoms with E-state index in [1.807, 2.05) is 11.8 Å². The minimum absolute atomic E-state index is 0.0466. The lowest BCUT2D eigenvalue weighted by molar-refractivity contribution is 0.0937. The van der Waals surface area contributed by atoms with Crippen LogP contribution < -0.4 is 11.1 Å². The normalized spacial score (nSPS) is 22.9. The minimum atomic E-state index is -0.0466. The highest BCUT2D eigenvalue weighted by Crippen LogP contribution is 2.29. The number of carbonyl (C=O) groups excluding carboxylic acids is 1. The first-order chi connectivity index (χ1) is 8.69. The number of pyridine rings is 1. The van der Waals surface area contributed by atoms with Gasteiger partial charge in [-0.3, -0.25) is 4.79 Å². The van der Waals surface area contributed by atoms with Gasteiger partial charge in [0.15, 0.2) is 0 Å². The summed E-state index contributed by atoms with van der Waals surface area (Å²) in [5.41, 5.74) is 6.08. The van der Waals surface area contributed by atoms with E-state index in [1.165, 1.54) is 12.6 Å². The Morgan fingerprint density at radius 3 is 3.06 bits per heavy atom. The SMILES string of the molecule is CCSC1CCC(NC(=O)c2ccc(N)nc2)C1. The van der Waals surface area contributed by atoms with E-state index in [9.17, 15) is 4.79 Å². The zero-order valence-electron chi connectivity index (χ0n) is 10.6. The molecule has 0 saturated heterocycles. The predicted octanol–water partition coefficient (Wildman–Crippen LogP) is 2.07. The van der Waals surface area contributed by atoms with Crippen LogP contribution in [0.2, 0.25) is 0 Å². The molecule has 0 bridgehead atoms. The summed E-state index contributed by atoms with van der Waals surface area (Å²) in [6.07, 6.45) is 4.87. The third-order valence-electron chi connectivity index (χ3n) is 3.17. The standard InChI is InChI=1S/C13H19N3OS/c1-2-18-11-5-4-10(7-11)16-13(17)9-3-6-12(14)15-8-9/h3,6,8,10-11H,2,4-5,7H2,1H3,(H2,14,15)(H,16,17). The Bertz CT molecular complexity index is 407. The number of nitrogens with one attached hydrogen (secondary N) is 1. The Balaban J connectivity index is 1.87. The molecular weight excluding hydrogens is 246 g/mol. The molecule has 1 aromatic rings. The van der Waals surface area contributed by atoms with Crippen LogP contribution >= 0.6 is 11.8 Å². The van der Waals surface area contributed by atoms with Gasteiger partial charge in [0.2, 0.25) is 0 Å². The van der Waals surface area contributed by atoms with Crippen LogP contribution in [0, 0.1) is 0 Å². The van der Waals surface area contributed by atoms with Gasteiger partial charge in [-0.05, 0) is 37.1 Å². The number of amides is 1. The van der Waals surface area contributed by atoms with Gasteiger partial charge in [0.05, 0.1) is 5.56 Å². The lowest BCUT2D eigenvalue weighted by Crippen LogP contribution is -2.33. The highest BCUT2D eigenvalue weighted by atomic mass is 32.2. The van der Waals surface area contributed by atoms with Crippen molar-refractivity contribution >= 4 is 23.5 Å². The van der Waals surface area contributed by atoms with Gasteiger partial charge in [-0.2, -0.15) is 11.8 Å². The Hall–Kier alpha value is -1.23. The number of rotatable bonds is 4. The van der Waals surface area contributed by atoms with Gasteiger partial charge in [-0.15, -0.1) is 0 Å². The largest absolute Gasteiger partial charge is 0.384 e. The smallest absolute Gasteiger partial charge is 0.253 e. The van der Waals surface area contributed by atoms with Gasteiger partial charge in [0.1, 0.15) is 5.82 Å². The quantitative estimate of drug-likeness (QED) is 0.874. The zero-order chi connectivity index (χ0) is 13.0. The molecule has 4 nitrogen and oxygen atoms in total. The number of aromatic nitrogens is 1. The van der Waals surface area contributed by atoms with Crippen molar-refractivity contribution in [2.45, 2.75) is 37.5 Å². The summed E-state index contributed by atoms with van der Waals surface area (Å²) in [5, 5.41) is 3.77. The van der Waals surface area contributed by atoms with Crippen molar-refractivity contribution in [3.8, 4) is 0 Å². The molecule has 1 fully saturated rings. The zero-order valence-corrected chi connectivity index (χ0v) is 11.4. The Morgan fingerprint density at radius 1 is 1.56 bits per heavy atom. The first-order valence-electron chi connectivity index (χ1n) is 6.33. The molecule has 2 unspecified atom stereocenters. The van der Waals surface area contributed by atoms with Crippen molar-refractivity contribution in [1.82, 2.24) is 10.3 Å². The van der Waals surface area contributed by atoms with Crippen molar-refractivity contribution in [3.05, 3.63) is 23.9 Å². The molecule has 1 amide bonds. The number of nitrogen functional groups attached to an aromatic ring is 1. The number of anilines is 1. The second-order valence-electron chi connectivity index (χ2n) is 4.53. The van der Waals surface area contributed by atoms with Crippen LogP contribution in [0.5, 0.6) is 0 Å². The van der Waals surface area contributed by atoms with Crippen LogP contribution in [0.25, 0.3) is 0 Å². The van der Waals surface area contributed by atoms with Gasteiger partial charge in [-0.1, -0.05) is 6.92 Å². The summed E-state index contributed by atoms with van der Waals surface area (Å²) < 4.78 is 0. The van der Waals surface area contributed by atoms with Gasteiger partial charge in [-0.25, -0.2) is 4.98 Å². The molecule has 1 aromatic heterocycles. The van der Waals surface area contributed by atoms with E-state index in [0.29, 0.717) is 22.7 Å². The van der Waals surface area contributed by atoms with E-state index in [4.69, 9.17) is 5.73 Å². The van der Waals surface area contributed by atoms with E-state index in [2.05, 4.69) is 17.2 Å². The Labute approximate surface area is 112 Å². The van der Waals surface area contributed by atoms with E-state index < -0.39 is 0 Å². The monoisotopic (exact) mass is 265 g/mol. The highest BCUT2D eigenvalue weighted by Gasteiger charge is 2.25. The van der Waals surface area contributed by atoms with Gasteiger partial charge < -0.3 is 11.1 Å². The summed E-state index contributed by atoms with van der Waals surface area (Å²) in [4.78, 5) is 15.9. The topological polar surface area (TPSA) is 68.0 Å². The van der Waals surface area contributed by atoms with E-state index >= 15 is 0 Å². The lowest BCUT2D eigenvalue weighted by Gasteiger charge is -2.13. The predicted molar refractivity (Wildman–Crippen MR) is 75.7 cm³/mol. The van der Waals surface area contributed by atoms with Crippen LogP contribution in [0.3, 0.4) is 0 Å². The number of hydrogen-bond donors (Lipinski definition) is 2. The van der Waals surface area contributed by atoms with Crippen molar-refractivity contribution in [1.29, 1.82) is 0 Å². The van der Waals surface area contributed by atoms with Gasteiger partial charge >= 0.3 is 0 Å². The number of thioether (sulfide) groups is 1. The number of carbonyl (C=O) groups is 1. The molecule has 0 aliphatic heterocycles. The van der Waals surface area contributed by atoms with Gasteiger partial charge in [0, 0.05) is 17.5 Å². The second kappa shape index (κ2) is 6.09. The van der Waals surface area contributed by atoms with E-state index in [-0.39, 0.29) is 5.91 Å². The molecule has 18 heavy (non-hydrogen) atoms. The average molecular weight is 265 g/mol. The van der Waals surface area contributed by atoms with Crippen molar-refractivity contribution < 1.29 is 4.79 Å². The van der Waals surface area contributed by atoms with Crippen LogP contribution in [0.1, 0.15) is 36.5 Å². The molecule has 2 rings (SSSR count). The molecule has 3 N–H and O–H groups in total. The molecule has 5 heteroatoms.